The molecule has 0 fully saturated rings. The second-order valence-corrected chi connectivity index (χ2v) is 5.57. The highest BCUT2D eigenvalue weighted by Crippen LogP contribution is 2.36. The van der Waals surface area contributed by atoms with Crippen molar-refractivity contribution in [1.82, 2.24) is 9.38 Å². The van der Waals surface area contributed by atoms with E-state index in [1.165, 1.54) is 5.30 Å². The van der Waals surface area contributed by atoms with Gasteiger partial charge < -0.3 is 4.40 Å². The zero-order valence-corrected chi connectivity index (χ0v) is 9.92. The number of rotatable bonds is 0. The van der Waals surface area contributed by atoms with Crippen LogP contribution in [0.5, 0.6) is 0 Å². The van der Waals surface area contributed by atoms with Gasteiger partial charge in [0, 0.05) is 17.7 Å². The molecule has 2 aromatic rings. The van der Waals surface area contributed by atoms with E-state index < -0.39 is 0 Å². The van der Waals surface area contributed by atoms with Crippen molar-refractivity contribution in [1.29, 1.82) is 5.26 Å². The topological polar surface area (TPSA) is 41.1 Å². The fourth-order valence-corrected chi connectivity index (χ4v) is 2.73. The molecular formula is C11H12N3P. The Labute approximate surface area is 90.5 Å². The fraction of sp³-hybridized carbons (Fsp3) is 0.364. The van der Waals surface area contributed by atoms with Gasteiger partial charge >= 0.3 is 0 Å². The SMILES string of the molecule is CC(C)(C)c1pc(C#N)n2ccncc12. The zero-order chi connectivity index (χ0) is 11.1. The Hall–Kier alpha value is -1.39. The number of hydrogen-bond donors (Lipinski definition) is 0. The number of hydrogen-bond acceptors (Lipinski definition) is 2. The minimum absolute atomic E-state index is 0.0743. The summed E-state index contributed by atoms with van der Waals surface area (Å²) in [7, 11) is 1.01. The van der Waals surface area contributed by atoms with Crippen LogP contribution in [-0.4, -0.2) is 9.38 Å². The van der Waals surface area contributed by atoms with Crippen molar-refractivity contribution in [3.63, 3.8) is 0 Å². The summed E-state index contributed by atoms with van der Waals surface area (Å²) in [6.07, 6.45) is 5.39. The maximum atomic E-state index is 9.05. The molecule has 0 unspecified atom stereocenters. The molecule has 15 heavy (non-hydrogen) atoms. The molecule has 4 heteroatoms. The van der Waals surface area contributed by atoms with Crippen LogP contribution in [0.3, 0.4) is 0 Å². The fourth-order valence-electron chi connectivity index (χ4n) is 1.57. The standard InChI is InChI=1S/C11H12N3P/c1-11(2,3)10-8-7-13-4-5-14(8)9(6-12)15-10/h4-5,7H,1-3H3. The Morgan fingerprint density at radius 3 is 2.80 bits per heavy atom. The number of fused-ring (bicyclic) bond motifs is 1. The molecule has 0 saturated heterocycles. The Bertz CT molecular complexity index is 543. The van der Waals surface area contributed by atoms with E-state index in [-0.39, 0.29) is 5.41 Å². The Morgan fingerprint density at radius 2 is 2.20 bits per heavy atom. The summed E-state index contributed by atoms with van der Waals surface area (Å²) < 4.78 is 1.93. The molecule has 0 aliphatic carbocycles. The molecule has 2 rings (SSSR count). The van der Waals surface area contributed by atoms with Crippen molar-refractivity contribution >= 4 is 13.7 Å². The average Bonchev–Trinajstić information content (AvgIpc) is 2.55. The first kappa shape index (κ1) is 10.1. The van der Waals surface area contributed by atoms with E-state index in [0.717, 1.165) is 19.1 Å². The average molecular weight is 217 g/mol. The smallest absolute Gasteiger partial charge is 0.152 e. The van der Waals surface area contributed by atoms with E-state index in [2.05, 4.69) is 31.8 Å². The zero-order valence-electron chi connectivity index (χ0n) is 9.02. The van der Waals surface area contributed by atoms with Crippen LogP contribution >= 0.6 is 8.19 Å². The van der Waals surface area contributed by atoms with Crippen molar-refractivity contribution in [2.45, 2.75) is 26.2 Å². The molecule has 0 N–H and O–H groups in total. The number of aromatic nitrogens is 2. The van der Waals surface area contributed by atoms with Crippen molar-refractivity contribution in [3.8, 4) is 6.07 Å². The maximum Gasteiger partial charge on any atom is 0.152 e. The van der Waals surface area contributed by atoms with Gasteiger partial charge in [0.15, 0.2) is 5.43 Å². The summed E-state index contributed by atoms with van der Waals surface area (Å²) in [5, 5.41) is 10.3. The van der Waals surface area contributed by atoms with Crippen LogP contribution in [0.1, 0.15) is 31.5 Å². The lowest BCUT2D eigenvalue weighted by molar-refractivity contribution is 0.607. The molecule has 2 aromatic heterocycles. The molecule has 0 aromatic carbocycles. The molecule has 76 valence electrons. The van der Waals surface area contributed by atoms with Gasteiger partial charge in [-0.2, -0.15) is 5.26 Å². The predicted octanol–water partition coefficient (Wildman–Crippen LogP) is 3.08. The largest absolute Gasteiger partial charge is 0.301 e. The summed E-state index contributed by atoms with van der Waals surface area (Å²) in [5.74, 6) is 0. The van der Waals surface area contributed by atoms with Crippen molar-refractivity contribution in [3.05, 3.63) is 29.3 Å². The molecule has 0 atom stereocenters. The van der Waals surface area contributed by atoms with E-state index in [1.54, 1.807) is 6.20 Å². The van der Waals surface area contributed by atoms with E-state index in [4.69, 9.17) is 5.26 Å². The van der Waals surface area contributed by atoms with Gasteiger partial charge in [0.1, 0.15) is 6.07 Å². The molecule has 0 bridgehead atoms. The Balaban J connectivity index is 2.84. The van der Waals surface area contributed by atoms with Gasteiger partial charge in [-0.25, -0.2) is 0 Å². The third-order valence-corrected chi connectivity index (χ3v) is 3.91. The minimum atomic E-state index is 0.0743. The molecule has 0 radical (unpaired) electrons. The quantitative estimate of drug-likeness (QED) is 0.680. The van der Waals surface area contributed by atoms with Gasteiger partial charge in [-0.15, -0.1) is 0 Å². The second-order valence-electron chi connectivity index (χ2n) is 4.48. The molecule has 0 spiro atoms. The molecule has 2 heterocycles. The van der Waals surface area contributed by atoms with Crippen molar-refractivity contribution in [2.75, 3.05) is 0 Å². The summed E-state index contributed by atoms with van der Waals surface area (Å²) >= 11 is 0. The molecule has 3 nitrogen and oxygen atoms in total. The first-order chi connectivity index (χ1) is 7.04. The van der Waals surface area contributed by atoms with Crippen molar-refractivity contribution < 1.29 is 0 Å². The normalized spacial score (nSPS) is 12.1. The maximum absolute atomic E-state index is 9.05. The summed E-state index contributed by atoms with van der Waals surface area (Å²) in [5.41, 5.74) is 1.89. The molecular weight excluding hydrogens is 205 g/mol. The van der Waals surface area contributed by atoms with Gasteiger partial charge in [-0.1, -0.05) is 20.8 Å². The first-order valence-corrected chi connectivity index (χ1v) is 5.66. The highest BCUT2D eigenvalue weighted by atomic mass is 31.0. The number of nitrogens with zero attached hydrogens (tertiary/aromatic N) is 3. The summed E-state index contributed by atoms with van der Waals surface area (Å²) in [6.45, 7) is 6.48. The van der Waals surface area contributed by atoms with Crippen LogP contribution in [0.4, 0.5) is 0 Å². The van der Waals surface area contributed by atoms with Crippen LogP contribution in [0.25, 0.3) is 5.52 Å². The molecule has 0 saturated carbocycles. The third-order valence-electron chi connectivity index (χ3n) is 2.26. The molecule has 0 aliphatic heterocycles. The van der Waals surface area contributed by atoms with Crippen LogP contribution in [0.15, 0.2) is 18.6 Å². The van der Waals surface area contributed by atoms with Crippen LogP contribution < -0.4 is 0 Å². The Kier molecular flexibility index (Phi) is 2.25. The van der Waals surface area contributed by atoms with Crippen molar-refractivity contribution in [2.24, 2.45) is 0 Å². The monoisotopic (exact) mass is 217 g/mol. The number of nitriles is 1. The van der Waals surface area contributed by atoms with Gasteiger partial charge in [0.2, 0.25) is 0 Å². The van der Waals surface area contributed by atoms with E-state index in [1.807, 2.05) is 16.8 Å². The van der Waals surface area contributed by atoms with Gasteiger partial charge in [0.25, 0.3) is 0 Å². The summed E-state index contributed by atoms with van der Waals surface area (Å²) in [6, 6.07) is 2.24. The molecule has 0 amide bonds. The van der Waals surface area contributed by atoms with E-state index in [9.17, 15) is 0 Å². The first-order valence-electron chi connectivity index (χ1n) is 4.76. The second kappa shape index (κ2) is 3.32. The van der Waals surface area contributed by atoms with Gasteiger partial charge in [0.05, 0.1) is 11.7 Å². The van der Waals surface area contributed by atoms with Gasteiger partial charge in [-0.3, -0.25) is 4.98 Å². The van der Waals surface area contributed by atoms with Crippen LogP contribution in [0, 0.1) is 11.3 Å². The lowest BCUT2D eigenvalue weighted by atomic mass is 9.94. The van der Waals surface area contributed by atoms with Gasteiger partial charge in [-0.05, 0) is 13.6 Å². The third kappa shape index (κ3) is 1.62. The predicted molar refractivity (Wildman–Crippen MR) is 61.1 cm³/mol. The molecule has 0 aliphatic rings. The minimum Gasteiger partial charge on any atom is -0.301 e. The Morgan fingerprint density at radius 1 is 1.47 bits per heavy atom. The summed E-state index contributed by atoms with van der Waals surface area (Å²) in [4.78, 5) is 4.12. The van der Waals surface area contributed by atoms with E-state index in [0.29, 0.717) is 0 Å². The highest BCUT2D eigenvalue weighted by Gasteiger charge is 2.21. The van der Waals surface area contributed by atoms with E-state index >= 15 is 0 Å². The highest BCUT2D eigenvalue weighted by molar-refractivity contribution is 7.32. The lowest BCUT2D eigenvalue weighted by Gasteiger charge is -2.16. The van der Waals surface area contributed by atoms with Crippen LogP contribution in [-0.2, 0) is 5.41 Å². The van der Waals surface area contributed by atoms with Crippen LogP contribution in [0.2, 0.25) is 0 Å². The lowest BCUT2D eigenvalue weighted by Crippen LogP contribution is -2.09.